The number of rotatable bonds is 5. The predicted octanol–water partition coefficient (Wildman–Crippen LogP) is 3.44. The fourth-order valence-electron chi connectivity index (χ4n) is 1.29. The van der Waals surface area contributed by atoms with Gasteiger partial charge in [-0.2, -0.15) is 0 Å². The van der Waals surface area contributed by atoms with Crippen LogP contribution in [-0.4, -0.2) is 6.61 Å². The van der Waals surface area contributed by atoms with E-state index in [0.717, 1.165) is 24.2 Å². The molecule has 1 heteroatoms. The minimum atomic E-state index is 0.711. The van der Waals surface area contributed by atoms with Gasteiger partial charge in [0, 0.05) is 11.5 Å². The van der Waals surface area contributed by atoms with Crippen LogP contribution in [0.3, 0.4) is 0 Å². The molecule has 0 N–H and O–H groups in total. The van der Waals surface area contributed by atoms with Crippen LogP contribution in [0.5, 0.6) is 5.75 Å². The van der Waals surface area contributed by atoms with E-state index in [0.29, 0.717) is 6.61 Å². The second-order valence-corrected chi connectivity index (χ2v) is 3.41. The zero-order valence-corrected chi connectivity index (χ0v) is 9.42. The van der Waals surface area contributed by atoms with Crippen molar-refractivity contribution in [2.45, 2.75) is 26.7 Å². The van der Waals surface area contributed by atoms with Gasteiger partial charge in [0.25, 0.3) is 0 Å². The molecule has 1 radical (unpaired) electrons. The number of terminal acetylenes is 1. The molecule has 0 unspecified atom stereocenters. The third-order valence-electron chi connectivity index (χ3n) is 2.46. The van der Waals surface area contributed by atoms with Gasteiger partial charge in [-0.1, -0.05) is 19.8 Å². The SMILES string of the molecule is C#Cc1ccc(OC[C](CC)CC)cc1. The maximum absolute atomic E-state index is 5.64. The largest absolute Gasteiger partial charge is 0.493 e. The fraction of sp³-hybridized carbons (Fsp3) is 0.357. The molecule has 0 spiro atoms. The summed E-state index contributed by atoms with van der Waals surface area (Å²) < 4.78 is 5.64. The summed E-state index contributed by atoms with van der Waals surface area (Å²) in [4.78, 5) is 0. The maximum Gasteiger partial charge on any atom is 0.119 e. The molecule has 1 aromatic rings. The first-order valence-corrected chi connectivity index (χ1v) is 5.33. The topological polar surface area (TPSA) is 9.23 Å². The van der Waals surface area contributed by atoms with E-state index in [9.17, 15) is 0 Å². The second-order valence-electron chi connectivity index (χ2n) is 3.41. The van der Waals surface area contributed by atoms with Crippen LogP contribution in [0.1, 0.15) is 32.3 Å². The van der Waals surface area contributed by atoms with Crippen molar-refractivity contribution in [3.63, 3.8) is 0 Å². The van der Waals surface area contributed by atoms with Gasteiger partial charge in [0.2, 0.25) is 0 Å². The molecule has 0 heterocycles. The van der Waals surface area contributed by atoms with Gasteiger partial charge in [0.1, 0.15) is 5.75 Å². The third-order valence-corrected chi connectivity index (χ3v) is 2.46. The Morgan fingerprint density at radius 1 is 1.20 bits per heavy atom. The quantitative estimate of drug-likeness (QED) is 0.663. The van der Waals surface area contributed by atoms with Gasteiger partial charge in [-0.15, -0.1) is 6.42 Å². The van der Waals surface area contributed by atoms with Crippen LogP contribution in [0.4, 0.5) is 0 Å². The summed E-state index contributed by atoms with van der Waals surface area (Å²) in [6.07, 6.45) is 7.43. The molecule has 0 aliphatic rings. The Morgan fingerprint density at radius 3 is 2.27 bits per heavy atom. The van der Waals surface area contributed by atoms with Crippen molar-refractivity contribution in [2.75, 3.05) is 6.61 Å². The average molecular weight is 201 g/mol. The monoisotopic (exact) mass is 201 g/mol. The first-order valence-electron chi connectivity index (χ1n) is 5.33. The Kier molecular flexibility index (Phi) is 4.77. The smallest absolute Gasteiger partial charge is 0.119 e. The van der Waals surface area contributed by atoms with E-state index in [1.807, 2.05) is 24.3 Å². The minimum absolute atomic E-state index is 0.711. The molecule has 0 bridgehead atoms. The molecule has 15 heavy (non-hydrogen) atoms. The number of benzene rings is 1. The van der Waals surface area contributed by atoms with Gasteiger partial charge < -0.3 is 4.74 Å². The first-order chi connectivity index (χ1) is 7.30. The van der Waals surface area contributed by atoms with Gasteiger partial charge in [0.15, 0.2) is 0 Å². The standard InChI is InChI=1S/C14H17O/c1-4-12(5-2)11-15-14-9-7-13(6-3)8-10-14/h3,7-10H,4-5,11H2,1-2H3. The van der Waals surface area contributed by atoms with E-state index in [2.05, 4.69) is 19.8 Å². The summed E-state index contributed by atoms with van der Waals surface area (Å²) in [7, 11) is 0. The highest BCUT2D eigenvalue weighted by Crippen LogP contribution is 2.16. The van der Waals surface area contributed by atoms with E-state index in [1.54, 1.807) is 0 Å². The number of hydrogen-bond acceptors (Lipinski definition) is 1. The van der Waals surface area contributed by atoms with Crippen molar-refractivity contribution in [3.8, 4) is 18.1 Å². The van der Waals surface area contributed by atoms with Gasteiger partial charge in [-0.05, 0) is 37.1 Å². The van der Waals surface area contributed by atoms with Gasteiger partial charge in [-0.25, -0.2) is 0 Å². The average Bonchev–Trinajstić information content (AvgIpc) is 2.31. The molecule has 0 aromatic heterocycles. The zero-order valence-electron chi connectivity index (χ0n) is 9.42. The Bertz CT molecular complexity index is 314. The van der Waals surface area contributed by atoms with Crippen molar-refractivity contribution in [1.29, 1.82) is 0 Å². The molecule has 0 atom stereocenters. The minimum Gasteiger partial charge on any atom is -0.493 e. The van der Waals surface area contributed by atoms with Crippen molar-refractivity contribution in [1.82, 2.24) is 0 Å². The molecule has 0 aliphatic heterocycles. The van der Waals surface area contributed by atoms with Crippen LogP contribution < -0.4 is 4.74 Å². The molecular weight excluding hydrogens is 184 g/mol. The van der Waals surface area contributed by atoms with Gasteiger partial charge in [-0.3, -0.25) is 0 Å². The van der Waals surface area contributed by atoms with Gasteiger partial charge >= 0.3 is 0 Å². The molecule has 0 aliphatic carbocycles. The van der Waals surface area contributed by atoms with Crippen LogP contribution in [0.15, 0.2) is 24.3 Å². The Labute approximate surface area is 92.5 Å². The van der Waals surface area contributed by atoms with Crippen molar-refractivity contribution in [2.24, 2.45) is 0 Å². The molecule has 79 valence electrons. The third kappa shape index (κ3) is 3.67. The lowest BCUT2D eigenvalue weighted by Gasteiger charge is -2.12. The Balaban J connectivity index is 2.48. The highest BCUT2D eigenvalue weighted by molar-refractivity contribution is 5.36. The van der Waals surface area contributed by atoms with E-state index in [-0.39, 0.29) is 0 Å². The summed E-state index contributed by atoms with van der Waals surface area (Å²) in [5, 5.41) is 0. The summed E-state index contributed by atoms with van der Waals surface area (Å²) in [6, 6.07) is 7.62. The van der Waals surface area contributed by atoms with Crippen LogP contribution in [0.2, 0.25) is 0 Å². The molecule has 1 aromatic carbocycles. The van der Waals surface area contributed by atoms with Gasteiger partial charge in [0.05, 0.1) is 6.61 Å². The highest BCUT2D eigenvalue weighted by Gasteiger charge is 2.04. The summed E-state index contributed by atoms with van der Waals surface area (Å²) >= 11 is 0. The van der Waals surface area contributed by atoms with Crippen LogP contribution in [0, 0.1) is 18.3 Å². The van der Waals surface area contributed by atoms with E-state index in [1.165, 1.54) is 5.92 Å². The lowest BCUT2D eigenvalue weighted by atomic mass is 10.1. The lowest BCUT2D eigenvalue weighted by molar-refractivity contribution is 0.320. The Hall–Kier alpha value is -1.42. The van der Waals surface area contributed by atoms with E-state index in [4.69, 9.17) is 11.2 Å². The number of ether oxygens (including phenoxy) is 1. The van der Waals surface area contributed by atoms with Crippen molar-refractivity contribution >= 4 is 0 Å². The molecule has 0 fully saturated rings. The number of hydrogen-bond donors (Lipinski definition) is 0. The zero-order chi connectivity index (χ0) is 11.1. The van der Waals surface area contributed by atoms with Crippen molar-refractivity contribution < 1.29 is 4.74 Å². The van der Waals surface area contributed by atoms with E-state index < -0.39 is 0 Å². The van der Waals surface area contributed by atoms with E-state index >= 15 is 0 Å². The normalized spacial score (nSPS) is 10.0. The summed E-state index contributed by atoms with van der Waals surface area (Å²) in [6.45, 7) is 5.02. The molecule has 0 saturated heterocycles. The van der Waals surface area contributed by atoms with Crippen LogP contribution in [-0.2, 0) is 0 Å². The predicted molar refractivity (Wildman–Crippen MR) is 63.7 cm³/mol. The maximum atomic E-state index is 5.64. The lowest BCUT2D eigenvalue weighted by Crippen LogP contribution is -2.07. The van der Waals surface area contributed by atoms with Crippen LogP contribution in [0.25, 0.3) is 0 Å². The summed E-state index contributed by atoms with van der Waals surface area (Å²) in [5.41, 5.74) is 0.887. The Morgan fingerprint density at radius 2 is 1.80 bits per heavy atom. The molecule has 0 amide bonds. The molecule has 1 rings (SSSR count). The van der Waals surface area contributed by atoms with Crippen LogP contribution >= 0.6 is 0 Å². The highest BCUT2D eigenvalue weighted by atomic mass is 16.5. The summed E-state index contributed by atoms with van der Waals surface area (Å²) in [5.74, 6) is 4.89. The van der Waals surface area contributed by atoms with Crippen molar-refractivity contribution in [3.05, 3.63) is 35.7 Å². The molecule has 1 nitrogen and oxygen atoms in total. The fourth-order valence-corrected chi connectivity index (χ4v) is 1.29. The second kappa shape index (κ2) is 6.14. The molecule has 0 saturated carbocycles. The first kappa shape index (κ1) is 11.7. The molecular formula is C14H17O.